The standard InChI is InChI=1S/C30H27N3O3S/c1-20-6-4-11-27-28(20)32-30(37-27)31-19-22(18-21-12-14-24(15-13-21)29(34)33-35)16-17-36-26-10-5-8-23-7-2-3-9-25(23)26/h2-15,18,35H,16-17,19H2,1H3,(H,31,32)(H,33,34)/b22-18-. The number of aromatic nitrogens is 1. The van der Waals surface area contributed by atoms with Gasteiger partial charge in [0.1, 0.15) is 5.75 Å². The number of hydroxylamine groups is 1. The minimum absolute atomic E-state index is 0.392. The molecule has 37 heavy (non-hydrogen) atoms. The lowest BCUT2D eigenvalue weighted by molar-refractivity contribution is 0.0706. The molecule has 3 N–H and O–H groups in total. The van der Waals surface area contributed by atoms with Crippen LogP contribution < -0.4 is 15.5 Å². The molecule has 0 aliphatic rings. The van der Waals surface area contributed by atoms with Gasteiger partial charge in [-0.25, -0.2) is 10.5 Å². The Morgan fingerprint density at radius 2 is 1.78 bits per heavy atom. The van der Waals surface area contributed by atoms with Crippen LogP contribution in [0, 0.1) is 6.92 Å². The van der Waals surface area contributed by atoms with Gasteiger partial charge >= 0.3 is 0 Å². The summed E-state index contributed by atoms with van der Waals surface area (Å²) >= 11 is 1.64. The van der Waals surface area contributed by atoms with E-state index in [1.54, 1.807) is 28.9 Å². The summed E-state index contributed by atoms with van der Waals surface area (Å²) in [5.74, 6) is 0.332. The smallest absolute Gasteiger partial charge is 0.274 e. The number of benzene rings is 4. The number of amides is 1. The van der Waals surface area contributed by atoms with Crippen molar-refractivity contribution >= 4 is 49.4 Å². The van der Waals surface area contributed by atoms with Crippen LogP contribution in [0.5, 0.6) is 5.75 Å². The number of carbonyl (C=O) groups is 1. The molecule has 0 radical (unpaired) electrons. The van der Waals surface area contributed by atoms with Crippen LogP contribution in [-0.4, -0.2) is 29.3 Å². The molecule has 1 heterocycles. The zero-order valence-electron chi connectivity index (χ0n) is 20.4. The van der Waals surface area contributed by atoms with E-state index in [1.165, 1.54) is 0 Å². The van der Waals surface area contributed by atoms with Gasteiger partial charge in [0, 0.05) is 23.9 Å². The fraction of sp³-hybridized carbons (Fsp3) is 0.133. The normalized spacial score (nSPS) is 11.6. The Bertz CT molecular complexity index is 1570. The molecule has 1 aromatic heterocycles. The van der Waals surface area contributed by atoms with Crippen LogP contribution in [0.2, 0.25) is 0 Å². The van der Waals surface area contributed by atoms with Crippen molar-refractivity contribution in [3.05, 3.63) is 107 Å². The average molecular weight is 510 g/mol. The van der Waals surface area contributed by atoms with Crippen LogP contribution in [0.1, 0.15) is 27.9 Å². The molecule has 186 valence electrons. The number of nitrogens with zero attached hydrogens (tertiary/aromatic N) is 1. The number of para-hydroxylation sites is 1. The number of anilines is 1. The summed E-state index contributed by atoms with van der Waals surface area (Å²) in [5, 5.41) is 15.5. The van der Waals surface area contributed by atoms with Gasteiger partial charge in [0.15, 0.2) is 5.13 Å². The molecule has 6 nitrogen and oxygen atoms in total. The molecule has 0 unspecified atom stereocenters. The van der Waals surface area contributed by atoms with E-state index in [4.69, 9.17) is 14.9 Å². The van der Waals surface area contributed by atoms with Crippen molar-refractivity contribution in [2.24, 2.45) is 0 Å². The molecule has 0 atom stereocenters. The Labute approximate surface area is 219 Å². The molecule has 0 aliphatic carbocycles. The summed E-state index contributed by atoms with van der Waals surface area (Å²) in [5.41, 5.74) is 6.33. The predicted octanol–water partition coefficient (Wildman–Crippen LogP) is 6.84. The number of fused-ring (bicyclic) bond motifs is 2. The van der Waals surface area contributed by atoms with Crippen LogP contribution in [0.25, 0.3) is 27.1 Å². The second kappa shape index (κ2) is 11.2. The number of thiazole rings is 1. The molecule has 0 bridgehead atoms. The highest BCUT2D eigenvalue weighted by molar-refractivity contribution is 7.22. The summed E-state index contributed by atoms with van der Waals surface area (Å²) in [6.07, 6.45) is 2.80. The summed E-state index contributed by atoms with van der Waals surface area (Å²) in [6, 6.07) is 27.6. The summed E-state index contributed by atoms with van der Waals surface area (Å²) < 4.78 is 7.36. The van der Waals surface area contributed by atoms with Crippen LogP contribution in [0.15, 0.2) is 90.5 Å². The van der Waals surface area contributed by atoms with E-state index < -0.39 is 5.91 Å². The fourth-order valence-corrected chi connectivity index (χ4v) is 5.15. The van der Waals surface area contributed by atoms with Gasteiger partial charge < -0.3 is 10.1 Å². The van der Waals surface area contributed by atoms with E-state index in [9.17, 15) is 4.79 Å². The highest BCUT2D eigenvalue weighted by atomic mass is 32.1. The van der Waals surface area contributed by atoms with E-state index in [-0.39, 0.29) is 0 Å². The summed E-state index contributed by atoms with van der Waals surface area (Å²) in [7, 11) is 0. The lowest BCUT2D eigenvalue weighted by atomic mass is 10.1. The second-order valence-electron chi connectivity index (χ2n) is 8.74. The number of ether oxygens (including phenoxy) is 1. The minimum atomic E-state index is -0.535. The molecule has 0 saturated heterocycles. The third-order valence-corrected chi connectivity index (χ3v) is 7.14. The first-order valence-electron chi connectivity index (χ1n) is 12.1. The van der Waals surface area contributed by atoms with Crippen LogP contribution in [0.3, 0.4) is 0 Å². The largest absolute Gasteiger partial charge is 0.493 e. The molecule has 0 saturated carbocycles. The quantitative estimate of drug-likeness (QED) is 0.150. The summed E-state index contributed by atoms with van der Waals surface area (Å²) in [6.45, 7) is 3.20. The van der Waals surface area contributed by atoms with Crippen molar-refractivity contribution in [3.8, 4) is 5.75 Å². The molecule has 5 aromatic rings. The molecule has 4 aromatic carbocycles. The highest BCUT2D eigenvalue weighted by Crippen LogP contribution is 2.29. The number of carbonyl (C=O) groups excluding carboxylic acids is 1. The van der Waals surface area contributed by atoms with Gasteiger partial charge in [0.25, 0.3) is 5.91 Å². The maximum Gasteiger partial charge on any atom is 0.274 e. The topological polar surface area (TPSA) is 83.5 Å². The van der Waals surface area contributed by atoms with Crippen molar-refractivity contribution in [2.45, 2.75) is 13.3 Å². The lowest BCUT2D eigenvalue weighted by Crippen LogP contribution is -2.18. The number of rotatable bonds is 9. The third-order valence-electron chi connectivity index (χ3n) is 6.16. The second-order valence-corrected chi connectivity index (χ2v) is 9.77. The maximum absolute atomic E-state index is 11.7. The Morgan fingerprint density at radius 1 is 1.00 bits per heavy atom. The van der Waals surface area contributed by atoms with Crippen molar-refractivity contribution in [1.29, 1.82) is 0 Å². The SMILES string of the molecule is Cc1cccc2sc(NC/C(=C\c3ccc(C(=O)NO)cc3)CCOc3cccc4ccccc34)nc12. The minimum Gasteiger partial charge on any atom is -0.493 e. The molecule has 0 aliphatic heterocycles. The Balaban J connectivity index is 1.33. The van der Waals surface area contributed by atoms with Gasteiger partial charge in [0.2, 0.25) is 0 Å². The van der Waals surface area contributed by atoms with E-state index in [0.717, 1.165) is 48.6 Å². The van der Waals surface area contributed by atoms with Crippen molar-refractivity contribution in [1.82, 2.24) is 10.5 Å². The Morgan fingerprint density at radius 3 is 2.59 bits per heavy atom. The van der Waals surface area contributed by atoms with E-state index in [1.807, 2.05) is 36.4 Å². The zero-order valence-corrected chi connectivity index (χ0v) is 21.2. The van der Waals surface area contributed by atoms with E-state index >= 15 is 0 Å². The first kappa shape index (κ1) is 24.5. The van der Waals surface area contributed by atoms with Crippen molar-refractivity contribution in [2.75, 3.05) is 18.5 Å². The average Bonchev–Trinajstić information content (AvgIpc) is 3.36. The monoisotopic (exact) mass is 509 g/mol. The van der Waals surface area contributed by atoms with E-state index in [0.29, 0.717) is 25.1 Å². The lowest BCUT2D eigenvalue weighted by Gasteiger charge is -2.12. The fourth-order valence-electron chi connectivity index (χ4n) is 4.21. The Hall–Kier alpha value is -4.20. The molecule has 5 rings (SSSR count). The predicted molar refractivity (Wildman–Crippen MR) is 151 cm³/mol. The van der Waals surface area contributed by atoms with Crippen molar-refractivity contribution < 1.29 is 14.7 Å². The maximum atomic E-state index is 11.7. The number of hydrogen-bond acceptors (Lipinski definition) is 6. The molecule has 0 spiro atoms. The van der Waals surface area contributed by atoms with Crippen molar-refractivity contribution in [3.63, 3.8) is 0 Å². The highest BCUT2D eigenvalue weighted by Gasteiger charge is 2.09. The van der Waals surface area contributed by atoms with Gasteiger partial charge in [-0.05, 0) is 53.3 Å². The number of nitrogens with one attached hydrogen (secondary N) is 2. The molecular weight excluding hydrogens is 482 g/mol. The Kier molecular flexibility index (Phi) is 7.44. The zero-order chi connectivity index (χ0) is 25.6. The molecule has 0 fully saturated rings. The summed E-state index contributed by atoms with van der Waals surface area (Å²) in [4.78, 5) is 16.4. The van der Waals surface area contributed by atoms with Gasteiger partial charge in [-0.2, -0.15) is 0 Å². The third kappa shape index (κ3) is 5.80. The molecular formula is C30H27N3O3S. The van der Waals surface area contributed by atoms with Gasteiger partial charge in [-0.1, -0.05) is 78.1 Å². The van der Waals surface area contributed by atoms with E-state index in [2.05, 4.69) is 54.7 Å². The molecule has 7 heteroatoms. The van der Waals surface area contributed by atoms with Crippen LogP contribution in [0.4, 0.5) is 5.13 Å². The van der Waals surface area contributed by atoms with Gasteiger partial charge in [0.05, 0.1) is 16.8 Å². The van der Waals surface area contributed by atoms with Crippen LogP contribution >= 0.6 is 11.3 Å². The first-order chi connectivity index (χ1) is 18.1. The van der Waals surface area contributed by atoms with Gasteiger partial charge in [-0.15, -0.1) is 0 Å². The van der Waals surface area contributed by atoms with Gasteiger partial charge in [-0.3, -0.25) is 10.0 Å². The first-order valence-corrected chi connectivity index (χ1v) is 12.9. The number of hydrogen-bond donors (Lipinski definition) is 3. The van der Waals surface area contributed by atoms with Crippen LogP contribution in [-0.2, 0) is 0 Å². The molecule has 1 amide bonds. The number of aryl methyl sites for hydroxylation is 1.